The number of piperidine rings is 1. The number of rotatable bonds is 3. The molecule has 0 aliphatic carbocycles. The lowest BCUT2D eigenvalue weighted by Gasteiger charge is -2.29. The summed E-state index contributed by atoms with van der Waals surface area (Å²) in [6.45, 7) is 1.40. The van der Waals surface area contributed by atoms with Gasteiger partial charge in [-0.3, -0.25) is 0 Å². The monoisotopic (exact) mass is 339 g/mol. The lowest BCUT2D eigenvalue weighted by atomic mass is 10.1. The molecule has 2 heterocycles. The van der Waals surface area contributed by atoms with E-state index in [2.05, 4.69) is 14.7 Å². The molecule has 0 unspecified atom stereocenters. The smallest absolute Gasteiger partial charge is 0.406 e. The van der Waals surface area contributed by atoms with Crippen LogP contribution in [0.1, 0.15) is 12.8 Å². The highest BCUT2D eigenvalue weighted by Gasteiger charge is 2.31. The number of aliphatic hydroxyl groups is 1. The molecule has 128 valence electrons. The van der Waals surface area contributed by atoms with E-state index in [4.69, 9.17) is 0 Å². The normalized spacial score (nSPS) is 16.2. The summed E-state index contributed by atoms with van der Waals surface area (Å²) in [7, 11) is 0. The molecule has 24 heavy (non-hydrogen) atoms. The predicted molar refractivity (Wildman–Crippen MR) is 81.6 cm³/mol. The molecule has 0 atom stereocenters. The number of aromatic nitrogens is 2. The first-order valence-electron chi connectivity index (χ1n) is 7.52. The molecule has 2 aromatic rings. The molecule has 3 rings (SSSR count). The third kappa shape index (κ3) is 4.14. The van der Waals surface area contributed by atoms with Gasteiger partial charge in [0.15, 0.2) is 0 Å². The molecule has 0 saturated carbocycles. The number of benzene rings is 1. The second-order valence-electron chi connectivity index (χ2n) is 5.56. The molecule has 0 amide bonds. The van der Waals surface area contributed by atoms with E-state index in [1.54, 1.807) is 12.4 Å². The van der Waals surface area contributed by atoms with Gasteiger partial charge in [0.2, 0.25) is 5.95 Å². The standard InChI is InChI=1S/C16H16F3N3O2/c17-16(18,19)24-14-3-1-11(2-4-14)12-9-20-15(21-10-12)22-7-5-13(23)6-8-22/h1-4,9-10,13,23H,5-8H2. The average Bonchev–Trinajstić information content (AvgIpc) is 2.55. The topological polar surface area (TPSA) is 58.5 Å². The summed E-state index contributed by atoms with van der Waals surface area (Å²) < 4.78 is 40.3. The zero-order chi connectivity index (χ0) is 17.2. The van der Waals surface area contributed by atoms with Crippen molar-refractivity contribution in [3.63, 3.8) is 0 Å². The van der Waals surface area contributed by atoms with E-state index in [0.717, 1.165) is 0 Å². The fourth-order valence-corrected chi connectivity index (χ4v) is 2.55. The molecule has 1 aromatic heterocycles. The minimum absolute atomic E-state index is 0.266. The fraction of sp³-hybridized carbons (Fsp3) is 0.375. The molecule has 0 spiro atoms. The SMILES string of the molecule is OC1CCN(c2ncc(-c3ccc(OC(F)(F)F)cc3)cn2)CC1. The Morgan fingerprint density at radius 3 is 2.12 bits per heavy atom. The van der Waals surface area contributed by atoms with Gasteiger partial charge in [0.25, 0.3) is 0 Å². The number of hydrogen-bond acceptors (Lipinski definition) is 5. The molecule has 1 aliphatic rings. The lowest BCUT2D eigenvalue weighted by Crippen LogP contribution is -2.36. The molecule has 8 heteroatoms. The van der Waals surface area contributed by atoms with Crippen molar-refractivity contribution in [2.45, 2.75) is 25.3 Å². The maximum absolute atomic E-state index is 12.1. The quantitative estimate of drug-likeness (QED) is 0.932. The van der Waals surface area contributed by atoms with Crippen LogP contribution in [0.2, 0.25) is 0 Å². The van der Waals surface area contributed by atoms with E-state index in [0.29, 0.717) is 43.0 Å². The van der Waals surface area contributed by atoms with E-state index >= 15 is 0 Å². The maximum Gasteiger partial charge on any atom is 0.573 e. The van der Waals surface area contributed by atoms with Gasteiger partial charge in [0.05, 0.1) is 6.10 Å². The number of aliphatic hydroxyl groups excluding tert-OH is 1. The van der Waals surface area contributed by atoms with Gasteiger partial charge in [-0.25, -0.2) is 9.97 Å². The van der Waals surface area contributed by atoms with Gasteiger partial charge < -0.3 is 14.7 Å². The van der Waals surface area contributed by atoms with Crippen LogP contribution in [0.4, 0.5) is 19.1 Å². The van der Waals surface area contributed by atoms with Crippen LogP contribution in [-0.2, 0) is 0 Å². The number of hydrogen-bond donors (Lipinski definition) is 1. The molecule has 0 bridgehead atoms. The Morgan fingerprint density at radius 1 is 1.00 bits per heavy atom. The van der Waals surface area contributed by atoms with Crippen LogP contribution in [0.25, 0.3) is 11.1 Å². The summed E-state index contributed by atoms with van der Waals surface area (Å²) >= 11 is 0. The van der Waals surface area contributed by atoms with Gasteiger partial charge in [-0.05, 0) is 30.5 Å². The van der Waals surface area contributed by atoms with E-state index in [1.807, 2.05) is 4.90 Å². The van der Waals surface area contributed by atoms with Crippen LogP contribution in [0.3, 0.4) is 0 Å². The van der Waals surface area contributed by atoms with Gasteiger partial charge in [-0.2, -0.15) is 0 Å². The number of halogens is 3. The predicted octanol–water partition coefficient (Wildman–Crippen LogP) is 3.00. The molecular formula is C16H16F3N3O2. The van der Waals surface area contributed by atoms with Gasteiger partial charge >= 0.3 is 6.36 Å². The molecule has 1 N–H and O–H groups in total. The van der Waals surface area contributed by atoms with Crippen molar-refractivity contribution in [1.29, 1.82) is 0 Å². The first-order chi connectivity index (χ1) is 11.4. The largest absolute Gasteiger partial charge is 0.573 e. The third-order valence-electron chi connectivity index (χ3n) is 3.81. The lowest BCUT2D eigenvalue weighted by molar-refractivity contribution is -0.274. The zero-order valence-electron chi connectivity index (χ0n) is 12.7. The van der Waals surface area contributed by atoms with Crippen molar-refractivity contribution < 1.29 is 23.0 Å². The summed E-state index contributed by atoms with van der Waals surface area (Å²) in [4.78, 5) is 10.6. The highest BCUT2D eigenvalue weighted by atomic mass is 19.4. The van der Waals surface area contributed by atoms with Crippen molar-refractivity contribution >= 4 is 5.95 Å². The number of ether oxygens (including phenoxy) is 1. The van der Waals surface area contributed by atoms with Crippen LogP contribution < -0.4 is 9.64 Å². The number of alkyl halides is 3. The first-order valence-corrected chi connectivity index (χ1v) is 7.52. The molecule has 1 aliphatic heterocycles. The Labute approximate surface area is 136 Å². The highest BCUT2D eigenvalue weighted by molar-refractivity contribution is 5.62. The summed E-state index contributed by atoms with van der Waals surface area (Å²) in [5, 5.41) is 9.51. The second kappa shape index (κ2) is 6.64. The van der Waals surface area contributed by atoms with E-state index in [9.17, 15) is 18.3 Å². The van der Waals surface area contributed by atoms with Gasteiger partial charge in [0, 0.05) is 31.0 Å². The Bertz CT molecular complexity index is 666. The average molecular weight is 339 g/mol. The summed E-state index contributed by atoms with van der Waals surface area (Å²) in [6, 6.07) is 5.55. The molecule has 1 saturated heterocycles. The minimum atomic E-state index is -4.70. The molecule has 1 aromatic carbocycles. The first kappa shape index (κ1) is 16.5. The van der Waals surface area contributed by atoms with Crippen LogP contribution >= 0.6 is 0 Å². The Hall–Kier alpha value is -2.35. The van der Waals surface area contributed by atoms with Crippen LogP contribution in [0, 0.1) is 0 Å². The van der Waals surface area contributed by atoms with Gasteiger partial charge in [-0.1, -0.05) is 12.1 Å². The molecule has 1 fully saturated rings. The number of nitrogens with zero attached hydrogens (tertiary/aromatic N) is 3. The Morgan fingerprint density at radius 2 is 1.58 bits per heavy atom. The Balaban J connectivity index is 1.69. The van der Waals surface area contributed by atoms with Crippen molar-refractivity contribution in [2.24, 2.45) is 0 Å². The molecule has 5 nitrogen and oxygen atoms in total. The van der Waals surface area contributed by atoms with Crippen LogP contribution in [-0.4, -0.2) is 40.6 Å². The van der Waals surface area contributed by atoms with E-state index in [-0.39, 0.29) is 11.9 Å². The summed E-state index contributed by atoms with van der Waals surface area (Å²) in [5.74, 6) is 0.318. The summed E-state index contributed by atoms with van der Waals surface area (Å²) in [5.41, 5.74) is 1.40. The second-order valence-corrected chi connectivity index (χ2v) is 5.56. The number of anilines is 1. The third-order valence-corrected chi connectivity index (χ3v) is 3.81. The van der Waals surface area contributed by atoms with Crippen molar-refractivity contribution in [2.75, 3.05) is 18.0 Å². The fourth-order valence-electron chi connectivity index (χ4n) is 2.55. The van der Waals surface area contributed by atoms with Crippen LogP contribution in [0.15, 0.2) is 36.7 Å². The molecule has 0 radical (unpaired) electrons. The highest BCUT2D eigenvalue weighted by Crippen LogP contribution is 2.26. The van der Waals surface area contributed by atoms with E-state index in [1.165, 1.54) is 24.3 Å². The van der Waals surface area contributed by atoms with Crippen molar-refractivity contribution in [3.8, 4) is 16.9 Å². The Kier molecular flexibility index (Phi) is 4.57. The van der Waals surface area contributed by atoms with Gasteiger partial charge in [-0.15, -0.1) is 13.2 Å². The van der Waals surface area contributed by atoms with Crippen molar-refractivity contribution in [3.05, 3.63) is 36.7 Å². The van der Waals surface area contributed by atoms with Crippen molar-refractivity contribution in [1.82, 2.24) is 9.97 Å². The molecular weight excluding hydrogens is 323 g/mol. The maximum atomic E-state index is 12.1. The van der Waals surface area contributed by atoms with E-state index < -0.39 is 6.36 Å². The van der Waals surface area contributed by atoms with Gasteiger partial charge in [0.1, 0.15) is 5.75 Å². The summed E-state index contributed by atoms with van der Waals surface area (Å²) in [6.07, 6.45) is -0.329. The zero-order valence-corrected chi connectivity index (χ0v) is 12.7. The van der Waals surface area contributed by atoms with Crippen LogP contribution in [0.5, 0.6) is 5.75 Å². The minimum Gasteiger partial charge on any atom is -0.406 e.